The van der Waals surface area contributed by atoms with Crippen LogP contribution in [0.3, 0.4) is 0 Å². The van der Waals surface area contributed by atoms with E-state index in [4.69, 9.17) is 18.6 Å². The van der Waals surface area contributed by atoms with E-state index in [1.807, 2.05) is 6.07 Å². The maximum Gasteiger partial charge on any atom is 0.270 e. The third kappa shape index (κ3) is 3.24. The van der Waals surface area contributed by atoms with Crippen LogP contribution in [-0.2, 0) is 6.54 Å². The van der Waals surface area contributed by atoms with Gasteiger partial charge in [-0.15, -0.1) is 0 Å². The summed E-state index contributed by atoms with van der Waals surface area (Å²) in [5.41, 5.74) is 1.05. The van der Waals surface area contributed by atoms with E-state index in [2.05, 4.69) is 20.9 Å². The number of hydrogen-bond donors (Lipinski definition) is 1. The molecule has 0 aliphatic carbocycles. The molecule has 1 aromatic carbocycles. The van der Waals surface area contributed by atoms with Crippen molar-refractivity contribution in [2.75, 3.05) is 28.4 Å². The number of ether oxygens (including phenoxy) is 3. The summed E-state index contributed by atoms with van der Waals surface area (Å²) in [5, 5.41) is 0.739. The Morgan fingerprint density at radius 1 is 1.15 bits per heavy atom. The van der Waals surface area contributed by atoms with Gasteiger partial charge >= 0.3 is 0 Å². The number of halogens is 1. The maximum atomic E-state index is 12.8. The summed E-state index contributed by atoms with van der Waals surface area (Å²) in [6, 6.07) is 7.08. The van der Waals surface area contributed by atoms with Crippen molar-refractivity contribution >= 4 is 32.7 Å². The Bertz CT molecular complexity index is 947. The van der Waals surface area contributed by atoms with E-state index in [9.17, 15) is 4.79 Å². The molecule has 0 spiro atoms. The van der Waals surface area contributed by atoms with Crippen LogP contribution in [0.5, 0.6) is 17.2 Å². The van der Waals surface area contributed by atoms with E-state index in [0.29, 0.717) is 45.4 Å². The molecule has 3 aromatic rings. The highest BCUT2D eigenvalue weighted by Gasteiger charge is 2.21. The molecule has 0 fully saturated rings. The van der Waals surface area contributed by atoms with Gasteiger partial charge in [-0.2, -0.15) is 0 Å². The van der Waals surface area contributed by atoms with Gasteiger partial charge in [0.15, 0.2) is 16.2 Å². The van der Waals surface area contributed by atoms with Crippen LogP contribution in [0.25, 0.3) is 10.9 Å². The third-order valence-corrected chi connectivity index (χ3v) is 4.47. The van der Waals surface area contributed by atoms with Crippen LogP contribution in [-0.4, -0.2) is 44.2 Å². The quantitative estimate of drug-likeness (QED) is 0.653. The summed E-state index contributed by atoms with van der Waals surface area (Å²) in [7, 11) is 6.37. The average molecular weight is 423 g/mol. The van der Waals surface area contributed by atoms with Crippen molar-refractivity contribution in [2.24, 2.45) is 0 Å². The second-order valence-corrected chi connectivity index (χ2v) is 6.43. The molecule has 0 saturated heterocycles. The van der Waals surface area contributed by atoms with Gasteiger partial charge < -0.3 is 28.5 Å². The zero-order chi connectivity index (χ0) is 18.8. The summed E-state index contributed by atoms with van der Waals surface area (Å²) >= 11 is 3.26. The van der Waals surface area contributed by atoms with Crippen LogP contribution < -0.4 is 14.2 Å². The molecule has 2 aromatic heterocycles. The highest BCUT2D eigenvalue weighted by atomic mass is 79.9. The fourth-order valence-corrected chi connectivity index (χ4v) is 3.14. The molecule has 138 valence electrons. The highest BCUT2D eigenvalue weighted by Crippen LogP contribution is 2.41. The van der Waals surface area contributed by atoms with E-state index in [1.54, 1.807) is 51.5 Å². The summed E-state index contributed by atoms with van der Waals surface area (Å²) in [5.74, 6) is 2.12. The zero-order valence-electron chi connectivity index (χ0n) is 14.9. The molecule has 1 N–H and O–H groups in total. The minimum absolute atomic E-state index is 0.184. The first-order valence-corrected chi connectivity index (χ1v) is 8.59. The van der Waals surface area contributed by atoms with Crippen molar-refractivity contribution in [3.8, 4) is 17.2 Å². The molecule has 2 heterocycles. The number of aromatic amines is 1. The lowest BCUT2D eigenvalue weighted by molar-refractivity contribution is 0.0770. The van der Waals surface area contributed by atoms with E-state index < -0.39 is 0 Å². The number of nitrogens with zero attached hydrogens (tertiary/aromatic N) is 1. The van der Waals surface area contributed by atoms with Crippen molar-refractivity contribution in [1.82, 2.24) is 9.88 Å². The van der Waals surface area contributed by atoms with Crippen molar-refractivity contribution in [3.05, 3.63) is 40.4 Å². The molecule has 0 aliphatic heterocycles. The fourth-order valence-electron chi connectivity index (χ4n) is 2.80. The Kier molecular flexibility index (Phi) is 5.13. The molecule has 8 heteroatoms. The number of nitrogens with one attached hydrogen (secondary N) is 1. The molecule has 1 amide bonds. The molecular weight excluding hydrogens is 404 g/mol. The van der Waals surface area contributed by atoms with Crippen LogP contribution in [0.15, 0.2) is 33.4 Å². The average Bonchev–Trinajstić information content (AvgIpc) is 3.25. The number of amides is 1. The number of fused-ring (bicyclic) bond motifs is 1. The number of carbonyl (C=O) groups is 1. The van der Waals surface area contributed by atoms with Crippen molar-refractivity contribution < 1.29 is 23.4 Å². The summed E-state index contributed by atoms with van der Waals surface area (Å²) in [4.78, 5) is 17.5. The van der Waals surface area contributed by atoms with Crippen molar-refractivity contribution in [3.63, 3.8) is 0 Å². The lowest BCUT2D eigenvalue weighted by atomic mass is 10.2. The van der Waals surface area contributed by atoms with Gasteiger partial charge in [0.25, 0.3) is 5.91 Å². The Morgan fingerprint density at radius 3 is 2.46 bits per heavy atom. The fraction of sp³-hybridized carbons (Fsp3) is 0.278. The molecule has 7 nitrogen and oxygen atoms in total. The zero-order valence-corrected chi connectivity index (χ0v) is 16.5. The molecular formula is C18H19BrN2O5. The number of carbonyl (C=O) groups excluding carboxylic acids is 1. The highest BCUT2D eigenvalue weighted by molar-refractivity contribution is 9.10. The Hall–Kier alpha value is -2.61. The normalized spacial score (nSPS) is 10.8. The minimum atomic E-state index is -0.184. The van der Waals surface area contributed by atoms with E-state index in [0.717, 1.165) is 5.39 Å². The largest absolute Gasteiger partial charge is 0.496 e. The van der Waals surface area contributed by atoms with Gasteiger partial charge in [0, 0.05) is 18.5 Å². The van der Waals surface area contributed by atoms with Gasteiger partial charge in [-0.1, -0.05) is 0 Å². The lowest BCUT2D eigenvalue weighted by Gasteiger charge is -2.14. The molecule has 0 radical (unpaired) electrons. The van der Waals surface area contributed by atoms with Crippen molar-refractivity contribution in [1.29, 1.82) is 0 Å². The Morgan fingerprint density at radius 2 is 1.88 bits per heavy atom. The first-order chi connectivity index (χ1) is 12.5. The minimum Gasteiger partial charge on any atom is -0.496 e. The maximum absolute atomic E-state index is 12.8. The molecule has 0 bridgehead atoms. The van der Waals surface area contributed by atoms with Gasteiger partial charge in [-0.25, -0.2) is 0 Å². The van der Waals surface area contributed by atoms with E-state index >= 15 is 0 Å². The number of rotatable bonds is 6. The predicted octanol–water partition coefficient (Wildman–Crippen LogP) is 3.82. The number of benzene rings is 1. The van der Waals surface area contributed by atoms with E-state index in [-0.39, 0.29) is 5.91 Å². The molecule has 3 rings (SSSR count). The first-order valence-electron chi connectivity index (χ1n) is 7.79. The second kappa shape index (κ2) is 7.33. The standard InChI is InChI=1S/C18H19BrN2O5/c1-21(9-10-5-6-15(19)26-10)18(22)12-7-11-13(23-2)8-14(24-3)17(25-4)16(11)20-12/h5-8,20H,9H2,1-4H3. The predicted molar refractivity (Wildman–Crippen MR) is 100 cm³/mol. The van der Waals surface area contributed by atoms with Gasteiger partial charge in [-0.3, -0.25) is 4.79 Å². The summed E-state index contributed by atoms with van der Waals surface area (Å²) in [6.45, 7) is 0.345. The molecule has 0 unspecified atom stereocenters. The van der Waals surface area contributed by atoms with E-state index in [1.165, 1.54) is 0 Å². The van der Waals surface area contributed by atoms with Crippen LogP contribution in [0.4, 0.5) is 0 Å². The number of methoxy groups -OCH3 is 3. The number of hydrogen-bond acceptors (Lipinski definition) is 5. The lowest BCUT2D eigenvalue weighted by Crippen LogP contribution is -2.26. The van der Waals surface area contributed by atoms with Crippen LogP contribution in [0, 0.1) is 0 Å². The van der Waals surface area contributed by atoms with Gasteiger partial charge in [0.2, 0.25) is 0 Å². The SMILES string of the molecule is COc1cc(OC)c2cc(C(=O)N(C)Cc3ccc(Br)o3)[nH]c2c1OC. The molecule has 0 atom stereocenters. The van der Waals surface area contributed by atoms with Gasteiger partial charge in [0.1, 0.15) is 17.2 Å². The van der Waals surface area contributed by atoms with Crippen LogP contribution >= 0.6 is 15.9 Å². The number of aromatic nitrogens is 1. The third-order valence-electron chi connectivity index (χ3n) is 4.04. The summed E-state index contributed by atoms with van der Waals surface area (Å²) < 4.78 is 22.3. The Balaban J connectivity index is 1.98. The second-order valence-electron chi connectivity index (χ2n) is 5.65. The van der Waals surface area contributed by atoms with Crippen LogP contribution in [0.1, 0.15) is 16.2 Å². The molecule has 0 aliphatic rings. The van der Waals surface area contributed by atoms with Gasteiger partial charge in [0.05, 0.1) is 33.4 Å². The molecule has 0 saturated carbocycles. The van der Waals surface area contributed by atoms with Crippen molar-refractivity contribution in [2.45, 2.75) is 6.54 Å². The number of H-pyrrole nitrogens is 1. The van der Waals surface area contributed by atoms with Gasteiger partial charge in [-0.05, 0) is 34.1 Å². The number of furan rings is 1. The topological polar surface area (TPSA) is 76.9 Å². The monoisotopic (exact) mass is 422 g/mol. The van der Waals surface area contributed by atoms with Crippen LogP contribution in [0.2, 0.25) is 0 Å². The Labute approximate surface area is 158 Å². The summed E-state index contributed by atoms with van der Waals surface area (Å²) in [6.07, 6.45) is 0. The molecule has 26 heavy (non-hydrogen) atoms. The smallest absolute Gasteiger partial charge is 0.270 e. The first kappa shape index (κ1) is 18.2.